The third-order valence-electron chi connectivity index (χ3n) is 3.58. The SMILES string of the molecule is Cc1ccc2cc(-c3ccc4nc(Br)cn4n3)ccc2c1. The Kier molecular flexibility index (Phi) is 2.79. The first-order chi connectivity index (χ1) is 10.2. The number of rotatable bonds is 1. The number of hydrogen-bond donors (Lipinski definition) is 0. The standard InChI is InChI=1S/C17H12BrN3/c1-11-2-3-13-9-14(5-4-12(13)8-11)15-6-7-17-19-16(18)10-21(17)20-15/h2-10H,1H3. The van der Waals surface area contributed by atoms with Gasteiger partial charge in [0.25, 0.3) is 0 Å². The van der Waals surface area contributed by atoms with Crippen molar-refractivity contribution in [1.29, 1.82) is 0 Å². The third-order valence-corrected chi connectivity index (χ3v) is 3.96. The van der Waals surface area contributed by atoms with Crippen LogP contribution in [0.4, 0.5) is 0 Å². The van der Waals surface area contributed by atoms with Gasteiger partial charge in [-0.1, -0.05) is 35.9 Å². The Hall–Kier alpha value is -2.20. The molecule has 0 aliphatic rings. The average molecular weight is 338 g/mol. The van der Waals surface area contributed by atoms with Gasteiger partial charge in [-0.15, -0.1) is 0 Å². The van der Waals surface area contributed by atoms with Gasteiger partial charge in [0, 0.05) is 5.56 Å². The van der Waals surface area contributed by atoms with Crippen LogP contribution in [0.5, 0.6) is 0 Å². The van der Waals surface area contributed by atoms with Crippen LogP contribution in [0.15, 0.2) is 59.3 Å². The summed E-state index contributed by atoms with van der Waals surface area (Å²) >= 11 is 3.37. The summed E-state index contributed by atoms with van der Waals surface area (Å²) in [6.45, 7) is 2.11. The first-order valence-corrected chi connectivity index (χ1v) is 7.51. The van der Waals surface area contributed by atoms with E-state index in [0.29, 0.717) is 0 Å². The predicted octanol–water partition coefficient (Wildman–Crippen LogP) is 4.62. The van der Waals surface area contributed by atoms with Crippen LogP contribution in [0.1, 0.15) is 5.56 Å². The van der Waals surface area contributed by atoms with Crippen LogP contribution in [-0.4, -0.2) is 14.6 Å². The van der Waals surface area contributed by atoms with Gasteiger partial charge in [-0.25, -0.2) is 9.50 Å². The van der Waals surface area contributed by atoms with Gasteiger partial charge < -0.3 is 0 Å². The molecule has 2 aromatic carbocycles. The van der Waals surface area contributed by atoms with Gasteiger partial charge >= 0.3 is 0 Å². The number of hydrogen-bond acceptors (Lipinski definition) is 2. The highest BCUT2D eigenvalue weighted by molar-refractivity contribution is 9.10. The molecular weight excluding hydrogens is 326 g/mol. The highest BCUT2D eigenvalue weighted by Crippen LogP contribution is 2.24. The molecule has 0 saturated carbocycles. The van der Waals surface area contributed by atoms with E-state index in [0.717, 1.165) is 21.5 Å². The summed E-state index contributed by atoms with van der Waals surface area (Å²) in [5.74, 6) is 0. The third kappa shape index (κ3) is 2.21. The van der Waals surface area contributed by atoms with Crippen LogP contribution < -0.4 is 0 Å². The maximum absolute atomic E-state index is 4.61. The van der Waals surface area contributed by atoms with Crippen molar-refractivity contribution in [2.45, 2.75) is 6.92 Å². The maximum Gasteiger partial charge on any atom is 0.154 e. The van der Waals surface area contributed by atoms with E-state index in [1.165, 1.54) is 16.3 Å². The van der Waals surface area contributed by atoms with Crippen LogP contribution in [0, 0.1) is 6.92 Å². The number of halogens is 1. The van der Waals surface area contributed by atoms with Crippen molar-refractivity contribution in [3.63, 3.8) is 0 Å². The lowest BCUT2D eigenvalue weighted by Crippen LogP contribution is -1.93. The monoisotopic (exact) mass is 337 g/mol. The summed E-state index contributed by atoms with van der Waals surface area (Å²) in [4.78, 5) is 4.32. The smallest absolute Gasteiger partial charge is 0.154 e. The molecule has 0 fully saturated rings. The summed E-state index contributed by atoms with van der Waals surface area (Å²) in [5, 5.41) is 7.10. The van der Waals surface area contributed by atoms with Crippen LogP contribution in [0.2, 0.25) is 0 Å². The summed E-state index contributed by atoms with van der Waals surface area (Å²) < 4.78 is 2.58. The highest BCUT2D eigenvalue weighted by Gasteiger charge is 2.05. The summed E-state index contributed by atoms with van der Waals surface area (Å²) in [6, 6.07) is 16.9. The first kappa shape index (κ1) is 12.5. The fourth-order valence-corrected chi connectivity index (χ4v) is 2.91. The molecule has 0 unspecified atom stereocenters. The van der Waals surface area contributed by atoms with Gasteiger partial charge in [-0.2, -0.15) is 5.10 Å². The van der Waals surface area contributed by atoms with Crippen LogP contribution >= 0.6 is 15.9 Å². The van der Waals surface area contributed by atoms with E-state index in [4.69, 9.17) is 0 Å². The van der Waals surface area contributed by atoms with Crippen molar-refractivity contribution < 1.29 is 0 Å². The van der Waals surface area contributed by atoms with Gasteiger partial charge in [-0.05, 0) is 51.8 Å². The van der Waals surface area contributed by atoms with Crippen molar-refractivity contribution in [1.82, 2.24) is 14.6 Å². The largest absolute Gasteiger partial charge is 0.220 e. The number of fused-ring (bicyclic) bond motifs is 2. The molecule has 4 rings (SSSR count). The second-order valence-corrected chi connectivity index (χ2v) is 5.96. The number of benzene rings is 2. The quantitative estimate of drug-likeness (QED) is 0.507. The number of nitrogens with zero attached hydrogens (tertiary/aromatic N) is 3. The highest BCUT2D eigenvalue weighted by atomic mass is 79.9. The van der Waals surface area contributed by atoms with Crippen LogP contribution in [0.25, 0.3) is 27.7 Å². The Bertz CT molecular complexity index is 972. The molecule has 21 heavy (non-hydrogen) atoms. The topological polar surface area (TPSA) is 30.2 Å². The minimum atomic E-state index is 0.793. The molecule has 102 valence electrons. The number of aryl methyl sites for hydroxylation is 1. The molecule has 4 aromatic rings. The molecule has 0 radical (unpaired) electrons. The van der Waals surface area contributed by atoms with E-state index in [1.54, 1.807) is 4.52 Å². The molecule has 0 aliphatic heterocycles. The van der Waals surface area contributed by atoms with E-state index < -0.39 is 0 Å². The molecule has 0 N–H and O–H groups in total. The summed E-state index contributed by atoms with van der Waals surface area (Å²) in [5.41, 5.74) is 4.16. The lowest BCUT2D eigenvalue weighted by molar-refractivity contribution is 0.942. The van der Waals surface area contributed by atoms with E-state index in [9.17, 15) is 0 Å². The molecule has 3 nitrogen and oxygen atoms in total. The first-order valence-electron chi connectivity index (χ1n) is 6.72. The molecule has 2 heterocycles. The van der Waals surface area contributed by atoms with Crippen LogP contribution in [0.3, 0.4) is 0 Å². The Morgan fingerprint density at radius 2 is 1.76 bits per heavy atom. The fraction of sp³-hybridized carbons (Fsp3) is 0.0588. The van der Waals surface area contributed by atoms with Crippen molar-refractivity contribution >= 4 is 32.3 Å². The van der Waals surface area contributed by atoms with Gasteiger partial charge in [0.2, 0.25) is 0 Å². The lowest BCUT2D eigenvalue weighted by Gasteiger charge is -2.05. The van der Waals surface area contributed by atoms with E-state index in [1.807, 2.05) is 18.3 Å². The van der Waals surface area contributed by atoms with Crippen molar-refractivity contribution in [3.8, 4) is 11.3 Å². The molecule has 0 aliphatic carbocycles. The summed E-state index contributed by atoms with van der Waals surface area (Å²) in [6.07, 6.45) is 1.86. The van der Waals surface area contributed by atoms with Gasteiger partial charge in [-0.3, -0.25) is 0 Å². The second-order valence-electron chi connectivity index (χ2n) is 5.15. The van der Waals surface area contributed by atoms with Gasteiger partial charge in [0.1, 0.15) is 4.60 Å². The molecule has 0 atom stereocenters. The Balaban J connectivity index is 1.88. The lowest BCUT2D eigenvalue weighted by atomic mass is 10.0. The molecule has 4 heteroatoms. The average Bonchev–Trinajstić information content (AvgIpc) is 2.85. The second kappa shape index (κ2) is 4.67. The minimum absolute atomic E-state index is 0.793. The van der Waals surface area contributed by atoms with E-state index >= 15 is 0 Å². The molecular formula is C17H12BrN3. The Labute approximate surface area is 130 Å². The van der Waals surface area contributed by atoms with Gasteiger partial charge in [0.05, 0.1) is 11.9 Å². The molecule has 0 saturated heterocycles. The van der Waals surface area contributed by atoms with E-state index in [2.05, 4.69) is 69.3 Å². The molecule has 0 spiro atoms. The molecule has 0 amide bonds. The van der Waals surface area contributed by atoms with Crippen molar-refractivity contribution in [2.75, 3.05) is 0 Å². The van der Waals surface area contributed by atoms with Crippen molar-refractivity contribution in [3.05, 3.63) is 64.9 Å². The molecule has 0 bridgehead atoms. The minimum Gasteiger partial charge on any atom is -0.220 e. The zero-order valence-corrected chi connectivity index (χ0v) is 13.0. The van der Waals surface area contributed by atoms with E-state index in [-0.39, 0.29) is 0 Å². The summed E-state index contributed by atoms with van der Waals surface area (Å²) in [7, 11) is 0. The van der Waals surface area contributed by atoms with Crippen LogP contribution in [-0.2, 0) is 0 Å². The zero-order valence-electron chi connectivity index (χ0n) is 11.4. The zero-order chi connectivity index (χ0) is 14.4. The number of imidazole rings is 1. The Morgan fingerprint density at radius 1 is 0.952 bits per heavy atom. The van der Waals surface area contributed by atoms with Gasteiger partial charge in [0.15, 0.2) is 5.65 Å². The van der Waals surface area contributed by atoms with Crippen molar-refractivity contribution in [2.24, 2.45) is 0 Å². The maximum atomic E-state index is 4.61. The molecule has 2 aromatic heterocycles. The fourth-order valence-electron chi connectivity index (χ4n) is 2.53. The predicted molar refractivity (Wildman–Crippen MR) is 88.4 cm³/mol. The normalized spacial score (nSPS) is 11.3. The Morgan fingerprint density at radius 3 is 2.67 bits per heavy atom. The number of aromatic nitrogens is 3.